The lowest BCUT2D eigenvalue weighted by atomic mass is 9.47. The van der Waals surface area contributed by atoms with Gasteiger partial charge in [0.05, 0.1) is 32.3 Å². The summed E-state index contributed by atoms with van der Waals surface area (Å²) in [7, 11) is 1.36. The molecular formula is C36H44O16. The van der Waals surface area contributed by atoms with Crippen LogP contribution in [0.4, 0.5) is 0 Å². The number of ether oxygens (including phenoxy) is 6. The van der Waals surface area contributed by atoms with Crippen LogP contribution in [0.5, 0.6) is 11.5 Å². The first-order valence-electron chi connectivity index (χ1n) is 17.1. The van der Waals surface area contributed by atoms with Gasteiger partial charge in [-0.25, -0.2) is 9.59 Å². The van der Waals surface area contributed by atoms with E-state index in [1.165, 1.54) is 50.8 Å². The Kier molecular flexibility index (Phi) is 10.7. The van der Waals surface area contributed by atoms with Gasteiger partial charge in [0.15, 0.2) is 17.1 Å². The van der Waals surface area contributed by atoms with Gasteiger partial charge in [-0.15, -0.1) is 0 Å². The van der Waals surface area contributed by atoms with Crippen molar-refractivity contribution < 1.29 is 77.9 Å². The summed E-state index contributed by atoms with van der Waals surface area (Å²) >= 11 is 0. The lowest BCUT2D eigenvalue weighted by molar-refractivity contribution is -0.277. The van der Waals surface area contributed by atoms with E-state index in [-0.39, 0.29) is 37.2 Å². The Balaban J connectivity index is 1.20. The number of esters is 3. The number of fused-ring (bicyclic) bond motifs is 3. The van der Waals surface area contributed by atoms with E-state index in [0.29, 0.717) is 11.1 Å². The molecule has 16 nitrogen and oxygen atoms in total. The molecule has 2 saturated heterocycles. The van der Waals surface area contributed by atoms with Crippen molar-refractivity contribution in [3.63, 3.8) is 0 Å². The molecule has 0 amide bonds. The molecule has 52 heavy (non-hydrogen) atoms. The summed E-state index contributed by atoms with van der Waals surface area (Å²) in [5.41, 5.74) is -2.17. The molecule has 284 valence electrons. The first-order chi connectivity index (χ1) is 24.7. The van der Waals surface area contributed by atoms with Crippen molar-refractivity contribution >= 4 is 24.0 Å². The Morgan fingerprint density at radius 2 is 1.79 bits per heavy atom. The Bertz CT molecular complexity index is 1640. The zero-order valence-electron chi connectivity index (χ0n) is 28.8. The lowest BCUT2D eigenvalue weighted by Gasteiger charge is -2.61. The highest BCUT2D eigenvalue weighted by atomic mass is 16.7. The quantitative estimate of drug-likeness (QED) is 0.117. The monoisotopic (exact) mass is 732 g/mol. The Morgan fingerprint density at radius 1 is 1.02 bits per heavy atom. The van der Waals surface area contributed by atoms with Crippen LogP contribution >= 0.6 is 0 Å². The van der Waals surface area contributed by atoms with Gasteiger partial charge in [0, 0.05) is 42.2 Å². The van der Waals surface area contributed by atoms with Gasteiger partial charge in [0.1, 0.15) is 42.7 Å². The molecule has 4 aliphatic rings. The molecule has 0 bridgehead atoms. The van der Waals surface area contributed by atoms with Crippen LogP contribution in [0, 0.1) is 17.3 Å². The first-order valence-corrected chi connectivity index (χ1v) is 17.1. The summed E-state index contributed by atoms with van der Waals surface area (Å²) in [6.07, 6.45) is -5.62. The van der Waals surface area contributed by atoms with Crippen LogP contribution in [0.1, 0.15) is 56.8 Å². The third kappa shape index (κ3) is 6.79. The molecule has 4 fully saturated rings. The van der Waals surface area contributed by atoms with E-state index in [0.717, 1.165) is 0 Å². The summed E-state index contributed by atoms with van der Waals surface area (Å²) in [5, 5.41) is 63.5. The van der Waals surface area contributed by atoms with Crippen molar-refractivity contribution in [2.45, 2.75) is 100 Å². The third-order valence-electron chi connectivity index (χ3n) is 11.1. The molecule has 1 aromatic heterocycles. The molecule has 6 N–H and O–H groups in total. The van der Waals surface area contributed by atoms with Gasteiger partial charge in [-0.3, -0.25) is 4.79 Å². The summed E-state index contributed by atoms with van der Waals surface area (Å²) in [6, 6.07) is 6.21. The topological polar surface area (TPSA) is 241 Å². The van der Waals surface area contributed by atoms with Crippen LogP contribution in [-0.2, 0) is 33.3 Å². The van der Waals surface area contributed by atoms with Crippen molar-refractivity contribution in [3.05, 3.63) is 54.0 Å². The minimum atomic E-state index is -1.96. The zero-order chi connectivity index (χ0) is 37.5. The summed E-state index contributed by atoms with van der Waals surface area (Å²) in [4.78, 5) is 38.8. The smallest absolute Gasteiger partial charge is 0.339 e. The number of carbonyl (C=O) groups excluding carboxylic acids is 3. The second kappa shape index (κ2) is 14.8. The van der Waals surface area contributed by atoms with E-state index in [1.807, 2.05) is 0 Å². The number of carbonyl (C=O) groups is 3. The number of rotatable bonds is 9. The number of aliphatic hydroxyl groups is 6. The normalized spacial score (nSPS) is 38.8. The molecule has 6 rings (SSSR count). The largest absolute Gasteiger partial charge is 0.493 e. The van der Waals surface area contributed by atoms with Crippen LogP contribution in [0.15, 0.2) is 47.3 Å². The minimum absolute atomic E-state index is 0.00616. The van der Waals surface area contributed by atoms with Crippen LogP contribution in [-0.4, -0.2) is 117 Å². The highest BCUT2D eigenvalue weighted by Crippen LogP contribution is 2.62. The maximum Gasteiger partial charge on any atom is 0.339 e. The highest BCUT2D eigenvalue weighted by Gasteiger charge is 2.69. The average Bonchev–Trinajstić information content (AvgIpc) is 3.66. The van der Waals surface area contributed by atoms with E-state index in [9.17, 15) is 45.0 Å². The molecule has 16 heteroatoms. The van der Waals surface area contributed by atoms with E-state index < -0.39 is 102 Å². The predicted octanol–water partition coefficient (Wildman–Crippen LogP) is 0.540. The van der Waals surface area contributed by atoms with Crippen molar-refractivity contribution in [1.29, 1.82) is 0 Å². The van der Waals surface area contributed by atoms with Crippen molar-refractivity contribution in [3.8, 4) is 11.5 Å². The van der Waals surface area contributed by atoms with Crippen LogP contribution in [0.3, 0.4) is 0 Å². The van der Waals surface area contributed by atoms with Crippen molar-refractivity contribution in [2.24, 2.45) is 17.3 Å². The standard InChI is InChI=1S/C36H44O16/c1-17(38)48-24-13-22(20-8-10-36(45)34(44)52-25(19-9-11-47-16-19)14-35(36,2)28(20)29(24)40)49-27(39)7-5-18-4-6-21(23(12-18)46-3)50-33-32(43)31(42)30(41)26(15-37)51-33/h4-7,9,11-12,16,20,22,24-26,28-33,37,40-43,45H,8,10,13-15H2,1-3H3/b7-5+/t20-,22+,24+,25+,26-,28+,29+,30-,31+,32-,33-,35+,36-/m1/s1. The highest BCUT2D eigenvalue weighted by molar-refractivity contribution is 5.87. The number of hydrogen-bond donors (Lipinski definition) is 6. The second-order valence-corrected chi connectivity index (χ2v) is 14.1. The average molecular weight is 733 g/mol. The maximum absolute atomic E-state index is 13.4. The molecule has 0 unspecified atom stereocenters. The molecule has 0 radical (unpaired) electrons. The molecule has 3 heterocycles. The Hall–Kier alpha value is -4.03. The molecule has 1 aromatic carbocycles. The van der Waals surface area contributed by atoms with E-state index >= 15 is 0 Å². The lowest BCUT2D eigenvalue weighted by Crippen LogP contribution is -2.70. The van der Waals surface area contributed by atoms with E-state index in [2.05, 4.69) is 0 Å². The van der Waals surface area contributed by atoms with Crippen LogP contribution < -0.4 is 9.47 Å². The van der Waals surface area contributed by atoms with E-state index in [1.54, 1.807) is 19.1 Å². The number of cyclic esters (lactones) is 1. The van der Waals surface area contributed by atoms with Gasteiger partial charge in [-0.1, -0.05) is 13.0 Å². The van der Waals surface area contributed by atoms with E-state index in [4.69, 9.17) is 32.8 Å². The van der Waals surface area contributed by atoms with Gasteiger partial charge in [-0.2, -0.15) is 0 Å². The third-order valence-corrected chi connectivity index (χ3v) is 11.1. The van der Waals surface area contributed by atoms with Crippen LogP contribution in [0.25, 0.3) is 6.08 Å². The van der Waals surface area contributed by atoms with Crippen molar-refractivity contribution in [2.75, 3.05) is 13.7 Å². The maximum atomic E-state index is 13.4. The van der Waals surface area contributed by atoms with Gasteiger partial charge < -0.3 is 63.5 Å². The molecule has 2 aliphatic heterocycles. The van der Waals surface area contributed by atoms with Gasteiger partial charge in [0.2, 0.25) is 6.29 Å². The zero-order valence-corrected chi connectivity index (χ0v) is 28.8. The van der Waals surface area contributed by atoms with Crippen molar-refractivity contribution in [1.82, 2.24) is 0 Å². The Morgan fingerprint density at radius 3 is 2.46 bits per heavy atom. The predicted molar refractivity (Wildman–Crippen MR) is 174 cm³/mol. The molecular weight excluding hydrogens is 688 g/mol. The second-order valence-electron chi connectivity index (χ2n) is 14.1. The number of furan rings is 1. The van der Waals surface area contributed by atoms with Gasteiger partial charge in [0.25, 0.3) is 0 Å². The molecule has 2 aromatic rings. The van der Waals surface area contributed by atoms with Gasteiger partial charge >= 0.3 is 17.9 Å². The summed E-state index contributed by atoms with van der Waals surface area (Å²) in [6.45, 7) is 2.27. The molecule has 2 aliphatic carbocycles. The first kappa shape index (κ1) is 37.7. The fraction of sp³-hybridized carbons (Fsp3) is 0.583. The number of benzene rings is 1. The minimum Gasteiger partial charge on any atom is -0.493 e. The fourth-order valence-electron chi connectivity index (χ4n) is 8.34. The van der Waals surface area contributed by atoms with Gasteiger partial charge in [-0.05, 0) is 49.1 Å². The fourth-order valence-corrected chi connectivity index (χ4v) is 8.34. The Labute approximate surface area is 298 Å². The number of methoxy groups -OCH3 is 1. The molecule has 2 saturated carbocycles. The number of aliphatic hydroxyl groups excluding tert-OH is 5. The molecule has 0 spiro atoms. The summed E-state index contributed by atoms with van der Waals surface area (Å²) in [5.74, 6) is -3.31. The van der Waals surface area contributed by atoms with Crippen LogP contribution in [0.2, 0.25) is 0 Å². The SMILES string of the molecule is COc1cc(/C=C/C(=O)O[C@H]2C[C@H](OC(C)=O)[C@H](O)[C@@H]3[C@@H]2CC[C@@]2(O)C(=O)O[C@H](c4ccoc4)C[C@@]32C)ccc1O[C@@H]1O[C@H](CO)[C@@H](O)[C@H](O)[C@H]1O. The molecule has 13 atom stereocenters. The summed E-state index contributed by atoms with van der Waals surface area (Å²) < 4.78 is 38.8. The number of hydrogen-bond acceptors (Lipinski definition) is 16.